The third kappa shape index (κ3) is 3.47. The molecule has 5 nitrogen and oxygen atoms in total. The summed E-state index contributed by atoms with van der Waals surface area (Å²) in [7, 11) is 0. The van der Waals surface area contributed by atoms with Crippen molar-refractivity contribution in [3.8, 4) is 0 Å². The van der Waals surface area contributed by atoms with Crippen molar-refractivity contribution in [1.82, 2.24) is 4.90 Å². The van der Waals surface area contributed by atoms with E-state index in [2.05, 4.69) is 0 Å². The molecule has 1 saturated heterocycles. The van der Waals surface area contributed by atoms with E-state index in [0.29, 0.717) is 16.1 Å². The molecule has 162 valence electrons. The fraction of sp³-hybridized carbons (Fsp3) is 0.0741. The molecule has 0 radical (unpaired) electrons. The first-order chi connectivity index (χ1) is 16.0. The minimum atomic E-state index is -1.90. The number of carbonyl (C=O) groups excluding carboxylic acids is 3. The number of amides is 2. The summed E-state index contributed by atoms with van der Waals surface area (Å²) in [6.45, 7) is 0.0553. The molecule has 2 aliphatic heterocycles. The van der Waals surface area contributed by atoms with Crippen LogP contribution in [0, 0.1) is 0 Å². The lowest BCUT2D eigenvalue weighted by atomic mass is 9.83. The summed E-state index contributed by atoms with van der Waals surface area (Å²) in [6.07, 6.45) is 2.85. The average Bonchev–Trinajstić information content (AvgIpc) is 3.27. The number of rotatable bonds is 4. The molecule has 1 atom stereocenters. The Morgan fingerprint density at radius 3 is 2.18 bits per heavy atom. The Kier molecular flexibility index (Phi) is 5.19. The number of ether oxygens (including phenoxy) is 1. The van der Waals surface area contributed by atoms with Crippen molar-refractivity contribution in [3.63, 3.8) is 0 Å². The molecule has 2 heterocycles. The molecule has 0 saturated carbocycles. The van der Waals surface area contributed by atoms with Gasteiger partial charge in [-0.15, -0.1) is 0 Å². The summed E-state index contributed by atoms with van der Waals surface area (Å²) in [4.78, 5) is 41.2. The van der Waals surface area contributed by atoms with Crippen LogP contribution < -0.4 is 0 Å². The minimum absolute atomic E-state index is 0.0553. The number of carbonyl (C=O) groups is 3. The van der Waals surface area contributed by atoms with Crippen LogP contribution in [0.15, 0.2) is 96.6 Å². The van der Waals surface area contributed by atoms with Crippen molar-refractivity contribution >= 4 is 41.0 Å². The first kappa shape index (κ1) is 20.9. The van der Waals surface area contributed by atoms with E-state index in [9.17, 15) is 14.4 Å². The predicted octanol–water partition coefficient (Wildman–Crippen LogP) is 4.67. The van der Waals surface area contributed by atoms with Crippen molar-refractivity contribution < 1.29 is 19.1 Å². The third-order valence-electron chi connectivity index (χ3n) is 5.75. The van der Waals surface area contributed by atoms with E-state index in [4.69, 9.17) is 16.3 Å². The molecule has 1 unspecified atom stereocenters. The number of benzene rings is 3. The molecule has 0 N–H and O–H groups in total. The van der Waals surface area contributed by atoms with Crippen LogP contribution in [0.4, 0.5) is 0 Å². The highest BCUT2D eigenvalue weighted by Crippen LogP contribution is 2.49. The highest BCUT2D eigenvalue weighted by atomic mass is 35.5. The van der Waals surface area contributed by atoms with Gasteiger partial charge in [-0.3, -0.25) is 14.5 Å². The summed E-state index contributed by atoms with van der Waals surface area (Å²) in [5.41, 5.74) is 0.385. The van der Waals surface area contributed by atoms with Gasteiger partial charge in [-0.25, -0.2) is 4.79 Å². The summed E-state index contributed by atoms with van der Waals surface area (Å²) in [5, 5.41) is 0.349. The highest BCUT2D eigenvalue weighted by Gasteiger charge is 2.63. The third-order valence-corrected chi connectivity index (χ3v) is 6.08. The van der Waals surface area contributed by atoms with Crippen molar-refractivity contribution in [1.29, 1.82) is 0 Å². The van der Waals surface area contributed by atoms with Gasteiger partial charge in [0.15, 0.2) is 0 Å². The van der Waals surface area contributed by atoms with Crippen LogP contribution in [-0.4, -0.2) is 28.3 Å². The molecule has 0 aromatic heterocycles. The number of nitrogens with zero attached hydrogens (tertiary/aromatic N) is 1. The standard InChI is InChI=1S/C27H18ClNO4/c28-23-14-8-7-13-20(23)21-16-24(30)33-27(21)22(15-18-9-3-1-4-10-18)25(31)29(26(27)32)17-19-11-5-2-6-12-19/h1-16H,17H2/b22-15-. The quantitative estimate of drug-likeness (QED) is 0.326. The molecule has 6 heteroatoms. The molecule has 0 bridgehead atoms. The van der Waals surface area contributed by atoms with Gasteiger partial charge in [-0.2, -0.15) is 0 Å². The lowest BCUT2D eigenvalue weighted by molar-refractivity contribution is -0.155. The Bertz CT molecular complexity index is 1330. The van der Waals surface area contributed by atoms with Crippen molar-refractivity contribution in [2.24, 2.45) is 0 Å². The number of imide groups is 1. The van der Waals surface area contributed by atoms with Gasteiger partial charge in [0, 0.05) is 22.2 Å². The molecule has 2 aliphatic rings. The molecular weight excluding hydrogens is 438 g/mol. The Morgan fingerprint density at radius 2 is 1.48 bits per heavy atom. The maximum absolute atomic E-state index is 13.9. The smallest absolute Gasteiger partial charge is 0.332 e. The number of esters is 1. The van der Waals surface area contributed by atoms with E-state index in [-0.39, 0.29) is 17.7 Å². The van der Waals surface area contributed by atoms with E-state index in [1.54, 1.807) is 30.3 Å². The largest absolute Gasteiger partial charge is 0.435 e. The number of halogens is 1. The Balaban J connectivity index is 1.70. The van der Waals surface area contributed by atoms with Crippen LogP contribution in [0.3, 0.4) is 0 Å². The van der Waals surface area contributed by atoms with Gasteiger partial charge in [-0.05, 0) is 23.3 Å². The summed E-state index contributed by atoms with van der Waals surface area (Å²) < 4.78 is 5.70. The van der Waals surface area contributed by atoms with Crippen LogP contribution in [-0.2, 0) is 25.7 Å². The predicted molar refractivity (Wildman–Crippen MR) is 125 cm³/mol. The van der Waals surface area contributed by atoms with Crippen LogP contribution in [0.2, 0.25) is 5.02 Å². The van der Waals surface area contributed by atoms with Crippen molar-refractivity contribution in [2.75, 3.05) is 0 Å². The summed E-state index contributed by atoms with van der Waals surface area (Å²) >= 11 is 6.43. The molecular formula is C27H18ClNO4. The Labute approximate surface area is 195 Å². The van der Waals surface area contributed by atoms with Gasteiger partial charge >= 0.3 is 5.97 Å². The van der Waals surface area contributed by atoms with Gasteiger partial charge in [0.25, 0.3) is 11.8 Å². The van der Waals surface area contributed by atoms with E-state index in [1.807, 2.05) is 60.7 Å². The van der Waals surface area contributed by atoms with Crippen LogP contribution >= 0.6 is 11.6 Å². The molecule has 0 aliphatic carbocycles. The van der Waals surface area contributed by atoms with Gasteiger partial charge in [0.05, 0.1) is 12.1 Å². The zero-order chi connectivity index (χ0) is 23.0. The Hall–Kier alpha value is -3.96. The van der Waals surface area contributed by atoms with E-state index >= 15 is 0 Å². The maximum Gasteiger partial charge on any atom is 0.332 e. The average molecular weight is 456 g/mol. The number of likely N-dealkylation sites (tertiary alicyclic amines) is 1. The normalized spacial score (nSPS) is 21.1. The summed E-state index contributed by atoms with van der Waals surface area (Å²) in [6, 6.07) is 25.2. The van der Waals surface area contributed by atoms with Gasteiger partial charge < -0.3 is 4.74 Å². The SMILES string of the molecule is O=C1C=C(c2ccccc2Cl)C2(O1)C(=O)N(Cc1ccccc1)C(=O)/C2=C/c1ccccc1. The molecule has 5 rings (SSSR count). The minimum Gasteiger partial charge on any atom is -0.435 e. The monoisotopic (exact) mass is 455 g/mol. The second kappa shape index (κ2) is 8.19. The first-order valence-electron chi connectivity index (χ1n) is 10.4. The number of hydrogen-bond acceptors (Lipinski definition) is 4. The molecule has 1 spiro atoms. The molecule has 33 heavy (non-hydrogen) atoms. The molecule has 2 amide bonds. The van der Waals surface area contributed by atoms with Crippen LogP contribution in [0.1, 0.15) is 16.7 Å². The zero-order valence-corrected chi connectivity index (χ0v) is 18.2. The number of hydrogen-bond donors (Lipinski definition) is 0. The molecule has 3 aromatic rings. The maximum atomic E-state index is 13.9. The molecule has 3 aromatic carbocycles. The zero-order valence-electron chi connectivity index (χ0n) is 17.4. The van der Waals surface area contributed by atoms with Gasteiger partial charge in [0.1, 0.15) is 0 Å². The summed E-state index contributed by atoms with van der Waals surface area (Å²) in [5.74, 6) is -1.83. The Morgan fingerprint density at radius 1 is 0.848 bits per heavy atom. The van der Waals surface area contributed by atoms with Crippen molar-refractivity contribution in [2.45, 2.75) is 12.1 Å². The topological polar surface area (TPSA) is 63.7 Å². The first-order valence-corrected chi connectivity index (χ1v) is 10.8. The fourth-order valence-electron chi connectivity index (χ4n) is 4.24. The van der Waals surface area contributed by atoms with Crippen LogP contribution in [0.25, 0.3) is 11.6 Å². The van der Waals surface area contributed by atoms with Crippen molar-refractivity contribution in [3.05, 3.63) is 118 Å². The van der Waals surface area contributed by atoms with Gasteiger partial charge in [0.2, 0.25) is 5.60 Å². The second-order valence-corrected chi connectivity index (χ2v) is 8.20. The fourth-order valence-corrected chi connectivity index (χ4v) is 4.48. The lowest BCUT2D eigenvalue weighted by Crippen LogP contribution is -2.42. The second-order valence-electron chi connectivity index (χ2n) is 7.79. The van der Waals surface area contributed by atoms with E-state index in [1.165, 1.54) is 6.08 Å². The van der Waals surface area contributed by atoms with E-state index in [0.717, 1.165) is 10.5 Å². The van der Waals surface area contributed by atoms with Crippen LogP contribution in [0.5, 0.6) is 0 Å². The van der Waals surface area contributed by atoms with Gasteiger partial charge in [-0.1, -0.05) is 90.5 Å². The molecule has 1 fully saturated rings. The lowest BCUT2D eigenvalue weighted by Gasteiger charge is -2.26. The highest BCUT2D eigenvalue weighted by molar-refractivity contribution is 6.35. The van der Waals surface area contributed by atoms with E-state index < -0.39 is 23.4 Å².